The van der Waals surface area contributed by atoms with Gasteiger partial charge >= 0.3 is 0 Å². The molecule has 2 fully saturated rings. The molecule has 1 aromatic heterocycles. The standard InChI is InChI=1S/C22H26ClF2NO2/c23-18-4-1-5-19-21(18)17(14-26(19)13-16-3-2-12-28-16)20(27)7-6-15-8-10-22(24,25)11-9-15/h1,4-5,14-16H,2-3,6-13H2/t16-/m1/s1. The van der Waals surface area contributed by atoms with Crippen LogP contribution in [0.25, 0.3) is 10.9 Å². The highest BCUT2D eigenvalue weighted by Crippen LogP contribution is 2.38. The van der Waals surface area contributed by atoms with E-state index in [4.69, 9.17) is 16.3 Å². The molecule has 152 valence electrons. The number of aromatic nitrogens is 1. The van der Waals surface area contributed by atoms with Crippen molar-refractivity contribution < 1.29 is 18.3 Å². The second-order valence-electron chi connectivity index (χ2n) is 8.23. The fourth-order valence-electron chi connectivity index (χ4n) is 4.54. The first-order valence-electron chi connectivity index (χ1n) is 10.2. The number of halogens is 3. The van der Waals surface area contributed by atoms with E-state index in [0.29, 0.717) is 42.8 Å². The molecule has 1 aliphatic heterocycles. The largest absolute Gasteiger partial charge is 0.376 e. The molecular weight excluding hydrogens is 384 g/mol. The molecule has 0 spiro atoms. The summed E-state index contributed by atoms with van der Waals surface area (Å²) >= 11 is 6.44. The van der Waals surface area contributed by atoms with Crippen molar-refractivity contribution in [3.63, 3.8) is 0 Å². The Morgan fingerprint density at radius 2 is 2.04 bits per heavy atom. The predicted molar refractivity (Wildman–Crippen MR) is 106 cm³/mol. The van der Waals surface area contributed by atoms with Crippen LogP contribution in [0.1, 0.15) is 61.7 Å². The van der Waals surface area contributed by atoms with Crippen molar-refractivity contribution >= 4 is 28.3 Å². The molecule has 1 saturated heterocycles. The Hall–Kier alpha value is -1.46. The average molecular weight is 410 g/mol. The second kappa shape index (κ2) is 8.11. The van der Waals surface area contributed by atoms with E-state index in [1.54, 1.807) is 6.07 Å². The minimum Gasteiger partial charge on any atom is -0.376 e. The predicted octanol–water partition coefficient (Wildman–Crippen LogP) is 6.26. The lowest BCUT2D eigenvalue weighted by Crippen LogP contribution is -2.24. The molecular formula is C22H26ClF2NO2. The SMILES string of the molecule is O=C(CCC1CCC(F)(F)CC1)c1cn(C[C@H]2CCCO2)c2cccc(Cl)c12. The van der Waals surface area contributed by atoms with Gasteiger partial charge in [0.1, 0.15) is 0 Å². The van der Waals surface area contributed by atoms with Gasteiger partial charge in [-0.05, 0) is 50.2 Å². The Labute approximate surface area is 169 Å². The number of fused-ring (bicyclic) bond motifs is 1. The van der Waals surface area contributed by atoms with Crippen LogP contribution >= 0.6 is 11.6 Å². The summed E-state index contributed by atoms with van der Waals surface area (Å²) in [5.41, 5.74) is 1.59. The monoisotopic (exact) mass is 409 g/mol. The van der Waals surface area contributed by atoms with Crippen LogP contribution in [-0.2, 0) is 11.3 Å². The number of ether oxygens (including phenoxy) is 1. The van der Waals surface area contributed by atoms with E-state index in [0.717, 1.165) is 30.4 Å². The number of rotatable bonds is 6. The van der Waals surface area contributed by atoms with Crippen molar-refractivity contribution in [1.29, 1.82) is 0 Å². The van der Waals surface area contributed by atoms with E-state index >= 15 is 0 Å². The molecule has 4 rings (SSSR count). The molecule has 1 atom stereocenters. The van der Waals surface area contributed by atoms with Crippen molar-refractivity contribution in [3.8, 4) is 0 Å². The quantitative estimate of drug-likeness (QED) is 0.527. The molecule has 2 aromatic rings. The number of hydrogen-bond acceptors (Lipinski definition) is 2. The van der Waals surface area contributed by atoms with Gasteiger partial charge in [-0.15, -0.1) is 0 Å². The Morgan fingerprint density at radius 3 is 2.75 bits per heavy atom. The van der Waals surface area contributed by atoms with Crippen LogP contribution in [0.4, 0.5) is 8.78 Å². The fourth-order valence-corrected chi connectivity index (χ4v) is 4.81. The van der Waals surface area contributed by atoms with Crippen LogP contribution in [0.15, 0.2) is 24.4 Å². The minimum atomic E-state index is -2.52. The van der Waals surface area contributed by atoms with Gasteiger partial charge in [0.2, 0.25) is 5.92 Å². The summed E-state index contributed by atoms with van der Waals surface area (Å²) in [6.07, 6.45) is 6.09. The Bertz CT molecular complexity index is 848. The minimum absolute atomic E-state index is 0.0431. The Balaban J connectivity index is 1.50. The van der Waals surface area contributed by atoms with Gasteiger partial charge in [0, 0.05) is 49.6 Å². The van der Waals surface area contributed by atoms with Gasteiger partial charge in [0.05, 0.1) is 16.6 Å². The normalized spacial score (nSPS) is 22.8. The zero-order valence-electron chi connectivity index (χ0n) is 15.9. The number of carbonyl (C=O) groups is 1. The van der Waals surface area contributed by atoms with E-state index in [1.807, 2.05) is 18.3 Å². The van der Waals surface area contributed by atoms with Crippen molar-refractivity contribution in [3.05, 3.63) is 35.0 Å². The molecule has 6 heteroatoms. The number of carbonyl (C=O) groups excluding carboxylic acids is 1. The Morgan fingerprint density at radius 1 is 1.25 bits per heavy atom. The van der Waals surface area contributed by atoms with Crippen molar-refractivity contribution in [2.45, 2.75) is 69.9 Å². The molecule has 1 saturated carbocycles. The summed E-state index contributed by atoms with van der Waals surface area (Å²) in [6, 6.07) is 5.68. The fraction of sp³-hybridized carbons (Fsp3) is 0.591. The molecule has 3 nitrogen and oxygen atoms in total. The maximum atomic E-state index is 13.3. The average Bonchev–Trinajstić information content (AvgIpc) is 3.30. The van der Waals surface area contributed by atoms with Crippen molar-refractivity contribution in [1.82, 2.24) is 4.57 Å². The summed E-state index contributed by atoms with van der Waals surface area (Å²) in [7, 11) is 0. The summed E-state index contributed by atoms with van der Waals surface area (Å²) in [5.74, 6) is -2.27. The first-order valence-corrected chi connectivity index (χ1v) is 10.6. The number of alkyl halides is 2. The molecule has 2 heterocycles. The van der Waals surface area contributed by atoms with Crippen molar-refractivity contribution in [2.24, 2.45) is 5.92 Å². The molecule has 1 aromatic carbocycles. The van der Waals surface area contributed by atoms with Crippen LogP contribution in [0, 0.1) is 5.92 Å². The molecule has 2 aliphatic rings. The highest BCUT2D eigenvalue weighted by Gasteiger charge is 2.35. The number of Topliss-reactive ketones (excluding diaryl/α,β-unsaturated/α-hetero) is 1. The van der Waals surface area contributed by atoms with Gasteiger partial charge < -0.3 is 9.30 Å². The zero-order valence-corrected chi connectivity index (χ0v) is 16.7. The van der Waals surface area contributed by atoms with Gasteiger partial charge in [-0.25, -0.2) is 8.78 Å². The third kappa shape index (κ3) is 4.25. The molecule has 0 amide bonds. The molecule has 0 unspecified atom stereocenters. The molecule has 1 aliphatic carbocycles. The first-order chi connectivity index (χ1) is 13.4. The third-order valence-corrected chi connectivity index (χ3v) is 6.51. The smallest absolute Gasteiger partial charge is 0.248 e. The third-order valence-electron chi connectivity index (χ3n) is 6.20. The maximum absolute atomic E-state index is 13.3. The number of benzene rings is 1. The first kappa shape index (κ1) is 19.8. The lowest BCUT2D eigenvalue weighted by Gasteiger charge is -2.27. The van der Waals surface area contributed by atoms with E-state index in [1.165, 1.54) is 0 Å². The van der Waals surface area contributed by atoms with Crippen LogP contribution < -0.4 is 0 Å². The van der Waals surface area contributed by atoms with Crippen molar-refractivity contribution in [2.75, 3.05) is 6.61 Å². The topological polar surface area (TPSA) is 31.2 Å². The number of ketones is 1. The lowest BCUT2D eigenvalue weighted by atomic mass is 9.83. The summed E-state index contributed by atoms with van der Waals surface area (Å²) in [5, 5.41) is 1.37. The zero-order chi connectivity index (χ0) is 19.7. The van der Waals surface area contributed by atoms with E-state index in [-0.39, 0.29) is 30.6 Å². The van der Waals surface area contributed by atoms with Gasteiger partial charge in [0.25, 0.3) is 0 Å². The van der Waals surface area contributed by atoms with Gasteiger partial charge in [0.15, 0.2) is 5.78 Å². The number of nitrogens with zero attached hydrogens (tertiary/aromatic N) is 1. The van der Waals surface area contributed by atoms with Crippen LogP contribution in [0.3, 0.4) is 0 Å². The summed E-state index contributed by atoms with van der Waals surface area (Å²) in [6.45, 7) is 1.50. The summed E-state index contributed by atoms with van der Waals surface area (Å²) < 4.78 is 34.5. The van der Waals surface area contributed by atoms with Crippen LogP contribution in [0.2, 0.25) is 5.02 Å². The van der Waals surface area contributed by atoms with Gasteiger partial charge in [-0.2, -0.15) is 0 Å². The molecule has 0 bridgehead atoms. The number of hydrogen-bond donors (Lipinski definition) is 0. The van der Waals surface area contributed by atoms with E-state index in [9.17, 15) is 13.6 Å². The van der Waals surface area contributed by atoms with Crippen LogP contribution in [-0.4, -0.2) is 29.0 Å². The van der Waals surface area contributed by atoms with Gasteiger partial charge in [-0.3, -0.25) is 4.79 Å². The lowest BCUT2D eigenvalue weighted by molar-refractivity contribution is -0.0464. The molecule has 28 heavy (non-hydrogen) atoms. The van der Waals surface area contributed by atoms with E-state index in [2.05, 4.69) is 4.57 Å². The van der Waals surface area contributed by atoms with Crippen LogP contribution in [0.5, 0.6) is 0 Å². The highest BCUT2D eigenvalue weighted by atomic mass is 35.5. The second-order valence-corrected chi connectivity index (χ2v) is 8.63. The maximum Gasteiger partial charge on any atom is 0.248 e. The summed E-state index contributed by atoms with van der Waals surface area (Å²) in [4.78, 5) is 13.0. The molecule has 0 radical (unpaired) electrons. The Kier molecular flexibility index (Phi) is 5.75. The molecule has 0 N–H and O–H groups in total. The van der Waals surface area contributed by atoms with Gasteiger partial charge in [-0.1, -0.05) is 17.7 Å². The highest BCUT2D eigenvalue weighted by molar-refractivity contribution is 6.37. The van der Waals surface area contributed by atoms with E-state index < -0.39 is 5.92 Å².